The highest BCUT2D eigenvalue weighted by Crippen LogP contribution is 2.43. The minimum Gasteiger partial charge on any atom is -0.507 e. The number of benzene rings is 1. The van der Waals surface area contributed by atoms with Crippen molar-refractivity contribution < 1.29 is 14.3 Å². The molecule has 1 aromatic rings. The molecule has 0 aliphatic heterocycles. The van der Waals surface area contributed by atoms with Crippen LogP contribution in [-0.4, -0.2) is 24.1 Å². The Hall–Kier alpha value is -1.62. The number of phenolic OH excluding ortho intramolecular Hbond substituents is 1. The summed E-state index contributed by atoms with van der Waals surface area (Å²) in [6, 6.07) is 3.78. The molecule has 1 saturated carbocycles. The van der Waals surface area contributed by atoms with Crippen LogP contribution in [0.1, 0.15) is 23.2 Å². The van der Waals surface area contributed by atoms with E-state index in [9.17, 15) is 14.3 Å². The Bertz CT molecular complexity index is 424. The number of phenols is 1. The summed E-state index contributed by atoms with van der Waals surface area (Å²) in [5.74, 6) is -1.67. The van der Waals surface area contributed by atoms with Gasteiger partial charge in [-0.1, -0.05) is 6.07 Å². The lowest BCUT2D eigenvalue weighted by Gasteiger charge is -2.13. The first kappa shape index (κ1) is 11.9. The van der Waals surface area contributed by atoms with Gasteiger partial charge in [-0.05, 0) is 31.5 Å². The van der Waals surface area contributed by atoms with Gasteiger partial charge in [0.1, 0.15) is 17.1 Å². The van der Waals surface area contributed by atoms with Gasteiger partial charge in [-0.3, -0.25) is 4.79 Å². The lowest BCUT2D eigenvalue weighted by atomic mass is 10.1. The van der Waals surface area contributed by atoms with Crippen molar-refractivity contribution in [3.63, 3.8) is 0 Å². The van der Waals surface area contributed by atoms with Crippen LogP contribution in [0.5, 0.6) is 5.75 Å². The summed E-state index contributed by atoms with van der Waals surface area (Å²) in [6.45, 7) is 0.937. The number of nitrogens with two attached hydrogens (primary N) is 1. The lowest BCUT2D eigenvalue weighted by Crippen LogP contribution is -2.34. The summed E-state index contributed by atoms with van der Waals surface area (Å²) in [4.78, 5) is 11.7. The van der Waals surface area contributed by atoms with Crippen molar-refractivity contribution in [2.45, 2.75) is 12.8 Å². The van der Waals surface area contributed by atoms with E-state index in [1.165, 1.54) is 12.1 Å². The van der Waals surface area contributed by atoms with E-state index in [4.69, 9.17) is 5.73 Å². The number of carbonyl (C=O) groups excluding carboxylic acids is 1. The van der Waals surface area contributed by atoms with Gasteiger partial charge in [-0.2, -0.15) is 0 Å². The summed E-state index contributed by atoms with van der Waals surface area (Å²) in [7, 11) is 0. The maximum absolute atomic E-state index is 13.4. The molecule has 0 heterocycles. The molecule has 92 valence electrons. The van der Waals surface area contributed by atoms with Crippen LogP contribution in [0.2, 0.25) is 0 Å². The normalized spacial score (nSPS) is 16.6. The third-order valence-electron chi connectivity index (χ3n) is 3.23. The Morgan fingerprint density at radius 3 is 2.76 bits per heavy atom. The second-order valence-electron chi connectivity index (χ2n) is 4.52. The van der Waals surface area contributed by atoms with Gasteiger partial charge in [-0.25, -0.2) is 4.39 Å². The molecule has 1 fully saturated rings. The zero-order valence-electron chi connectivity index (χ0n) is 9.37. The summed E-state index contributed by atoms with van der Waals surface area (Å²) >= 11 is 0. The standard InChI is InChI=1S/C12H15FN2O2/c13-8-2-1-3-9(16)10(8)11(17)15-7-12(6-14)4-5-12/h1-3,16H,4-7,14H2,(H,15,17). The SMILES string of the molecule is NCC1(CNC(=O)c2c(O)cccc2F)CC1. The second-order valence-corrected chi connectivity index (χ2v) is 4.52. The summed E-state index contributed by atoms with van der Waals surface area (Å²) in [6.07, 6.45) is 1.96. The fraction of sp³-hybridized carbons (Fsp3) is 0.417. The molecular weight excluding hydrogens is 223 g/mol. The molecule has 1 aliphatic carbocycles. The van der Waals surface area contributed by atoms with Crippen molar-refractivity contribution in [2.75, 3.05) is 13.1 Å². The average Bonchev–Trinajstić information content (AvgIpc) is 3.07. The van der Waals surface area contributed by atoms with Gasteiger partial charge in [0.2, 0.25) is 0 Å². The van der Waals surface area contributed by atoms with Crippen LogP contribution in [0.4, 0.5) is 4.39 Å². The smallest absolute Gasteiger partial charge is 0.258 e. The zero-order valence-corrected chi connectivity index (χ0v) is 9.37. The van der Waals surface area contributed by atoms with Crippen molar-refractivity contribution in [2.24, 2.45) is 11.1 Å². The molecule has 0 saturated heterocycles. The first-order valence-electron chi connectivity index (χ1n) is 5.54. The molecule has 4 N–H and O–H groups in total. The number of aromatic hydroxyl groups is 1. The van der Waals surface area contributed by atoms with E-state index in [-0.39, 0.29) is 16.7 Å². The molecule has 17 heavy (non-hydrogen) atoms. The first-order valence-corrected chi connectivity index (χ1v) is 5.54. The van der Waals surface area contributed by atoms with Crippen molar-refractivity contribution in [1.82, 2.24) is 5.32 Å². The predicted octanol–water partition coefficient (Wildman–Crippen LogP) is 1.000. The minimum absolute atomic E-state index is 0.0173. The van der Waals surface area contributed by atoms with Crippen LogP contribution in [0.15, 0.2) is 18.2 Å². The maximum Gasteiger partial charge on any atom is 0.258 e. The Labute approximate surface area is 98.6 Å². The van der Waals surface area contributed by atoms with Crippen molar-refractivity contribution in [3.05, 3.63) is 29.6 Å². The number of rotatable bonds is 4. The highest BCUT2D eigenvalue weighted by Gasteiger charge is 2.41. The van der Waals surface area contributed by atoms with Crippen LogP contribution < -0.4 is 11.1 Å². The molecular formula is C12H15FN2O2. The average molecular weight is 238 g/mol. The Morgan fingerprint density at radius 2 is 2.24 bits per heavy atom. The number of hydrogen-bond acceptors (Lipinski definition) is 3. The monoisotopic (exact) mass is 238 g/mol. The fourth-order valence-electron chi connectivity index (χ4n) is 1.72. The summed E-state index contributed by atoms with van der Waals surface area (Å²) in [5, 5.41) is 12.1. The van der Waals surface area contributed by atoms with Gasteiger partial charge in [0.25, 0.3) is 5.91 Å². The Kier molecular flexibility index (Phi) is 3.02. The van der Waals surface area contributed by atoms with Gasteiger partial charge in [0, 0.05) is 12.0 Å². The van der Waals surface area contributed by atoms with E-state index in [2.05, 4.69) is 5.32 Å². The molecule has 0 aromatic heterocycles. The quantitative estimate of drug-likeness (QED) is 0.732. The number of halogens is 1. The van der Waals surface area contributed by atoms with Crippen molar-refractivity contribution in [3.8, 4) is 5.75 Å². The highest BCUT2D eigenvalue weighted by molar-refractivity contribution is 5.97. The molecule has 4 nitrogen and oxygen atoms in total. The fourth-order valence-corrected chi connectivity index (χ4v) is 1.72. The third-order valence-corrected chi connectivity index (χ3v) is 3.23. The van der Waals surface area contributed by atoms with Gasteiger partial charge in [0.05, 0.1) is 0 Å². The van der Waals surface area contributed by atoms with Crippen LogP contribution >= 0.6 is 0 Å². The van der Waals surface area contributed by atoms with Crippen LogP contribution in [0, 0.1) is 11.2 Å². The van der Waals surface area contributed by atoms with Crippen molar-refractivity contribution >= 4 is 5.91 Å². The molecule has 1 amide bonds. The van der Waals surface area contributed by atoms with Gasteiger partial charge in [0.15, 0.2) is 0 Å². The topological polar surface area (TPSA) is 75.3 Å². The minimum atomic E-state index is -0.722. The van der Waals surface area contributed by atoms with Crippen LogP contribution in [0.3, 0.4) is 0 Å². The lowest BCUT2D eigenvalue weighted by molar-refractivity contribution is 0.0938. The molecule has 2 rings (SSSR count). The zero-order chi connectivity index (χ0) is 12.5. The number of nitrogens with one attached hydrogen (secondary N) is 1. The van der Waals surface area contributed by atoms with E-state index in [0.29, 0.717) is 13.1 Å². The molecule has 1 aliphatic rings. The van der Waals surface area contributed by atoms with Gasteiger partial charge >= 0.3 is 0 Å². The highest BCUT2D eigenvalue weighted by atomic mass is 19.1. The molecule has 0 radical (unpaired) electrons. The Morgan fingerprint density at radius 1 is 1.53 bits per heavy atom. The molecule has 0 bridgehead atoms. The number of carbonyl (C=O) groups is 1. The van der Waals surface area contributed by atoms with Crippen LogP contribution in [0.25, 0.3) is 0 Å². The van der Waals surface area contributed by atoms with Gasteiger partial charge in [-0.15, -0.1) is 0 Å². The maximum atomic E-state index is 13.4. The molecule has 0 unspecified atom stereocenters. The van der Waals surface area contributed by atoms with E-state index >= 15 is 0 Å². The molecule has 0 spiro atoms. The predicted molar refractivity (Wildman–Crippen MR) is 61.1 cm³/mol. The second kappa shape index (κ2) is 4.33. The van der Waals surface area contributed by atoms with E-state index in [0.717, 1.165) is 18.9 Å². The third kappa shape index (κ3) is 2.39. The summed E-state index contributed by atoms with van der Waals surface area (Å²) < 4.78 is 13.4. The van der Waals surface area contributed by atoms with Gasteiger partial charge < -0.3 is 16.2 Å². The Balaban J connectivity index is 2.05. The first-order chi connectivity index (χ1) is 8.08. The van der Waals surface area contributed by atoms with Crippen molar-refractivity contribution in [1.29, 1.82) is 0 Å². The van der Waals surface area contributed by atoms with E-state index in [1.807, 2.05) is 0 Å². The molecule has 1 aromatic carbocycles. The largest absolute Gasteiger partial charge is 0.507 e. The van der Waals surface area contributed by atoms with Crippen LogP contribution in [-0.2, 0) is 0 Å². The summed E-state index contributed by atoms with van der Waals surface area (Å²) in [5.41, 5.74) is 5.26. The number of hydrogen-bond donors (Lipinski definition) is 3. The van der Waals surface area contributed by atoms with E-state index < -0.39 is 11.7 Å². The molecule has 5 heteroatoms. The van der Waals surface area contributed by atoms with E-state index in [1.54, 1.807) is 0 Å². The molecule has 0 atom stereocenters. The number of amides is 1.